The Kier molecular flexibility index (Phi) is 5.29. The second-order valence-corrected chi connectivity index (χ2v) is 9.62. The second-order valence-electron chi connectivity index (χ2n) is 7.60. The van der Waals surface area contributed by atoms with Crippen molar-refractivity contribution >= 4 is 44.1 Å². The van der Waals surface area contributed by atoms with Gasteiger partial charge in [-0.15, -0.1) is 0 Å². The highest BCUT2D eigenvalue weighted by Gasteiger charge is 2.18. The highest BCUT2D eigenvalue weighted by Crippen LogP contribution is 2.30. The van der Waals surface area contributed by atoms with Gasteiger partial charge in [-0.25, -0.2) is 27.5 Å². The molecule has 0 unspecified atom stereocenters. The summed E-state index contributed by atoms with van der Waals surface area (Å²) in [5, 5.41) is 8.09. The van der Waals surface area contributed by atoms with Crippen LogP contribution < -0.4 is 10.2 Å². The predicted octanol–water partition coefficient (Wildman–Crippen LogP) is 3.43. The van der Waals surface area contributed by atoms with E-state index in [-0.39, 0.29) is 10.8 Å². The van der Waals surface area contributed by atoms with Gasteiger partial charge in [0.25, 0.3) is 0 Å². The minimum atomic E-state index is -3.36. The average Bonchev–Trinajstić information content (AvgIpc) is 3.02. The van der Waals surface area contributed by atoms with E-state index in [0.29, 0.717) is 34.1 Å². The molecule has 0 atom stereocenters. The summed E-state index contributed by atoms with van der Waals surface area (Å²) in [6.07, 6.45) is 2.73. The number of rotatable bonds is 5. The summed E-state index contributed by atoms with van der Waals surface area (Å²) < 4.78 is 39.6. The number of pyridine rings is 1. The second kappa shape index (κ2) is 7.83. The summed E-state index contributed by atoms with van der Waals surface area (Å²) in [6.45, 7) is 3.42. The van der Waals surface area contributed by atoms with Gasteiger partial charge in [0.15, 0.2) is 21.3 Å². The lowest BCUT2D eigenvalue weighted by atomic mass is 10.2. The zero-order valence-corrected chi connectivity index (χ0v) is 19.1. The Morgan fingerprint density at radius 1 is 1.12 bits per heavy atom. The summed E-state index contributed by atoms with van der Waals surface area (Å²) >= 11 is 0. The Balaban J connectivity index is 1.69. The number of hydrogen-bond acceptors (Lipinski definition) is 8. The van der Waals surface area contributed by atoms with Gasteiger partial charge in [-0.05, 0) is 49.7 Å². The molecule has 3 heterocycles. The van der Waals surface area contributed by atoms with Crippen molar-refractivity contribution in [1.29, 1.82) is 0 Å². The molecule has 0 radical (unpaired) electrons. The molecule has 1 aromatic carbocycles. The van der Waals surface area contributed by atoms with Crippen molar-refractivity contribution in [2.75, 3.05) is 23.5 Å². The third-order valence-electron chi connectivity index (χ3n) is 4.96. The third-order valence-corrected chi connectivity index (χ3v) is 6.05. The molecule has 166 valence electrons. The zero-order valence-electron chi connectivity index (χ0n) is 18.3. The van der Waals surface area contributed by atoms with Crippen LogP contribution in [0.4, 0.5) is 27.7 Å². The summed E-state index contributed by atoms with van der Waals surface area (Å²) in [6, 6.07) is 8.05. The van der Waals surface area contributed by atoms with Gasteiger partial charge in [-0.3, -0.25) is 0 Å². The number of fused-ring (bicyclic) bond motifs is 1. The van der Waals surface area contributed by atoms with Crippen LogP contribution in [0, 0.1) is 19.7 Å². The normalized spacial score (nSPS) is 11.7. The minimum absolute atomic E-state index is 0.207. The SMILES string of the molecule is Cc1cc(Nc2nccc(N(C)c3nn(C)c4nc(C)c(F)cc34)n2)cc(S(C)(=O)=O)c1. The Labute approximate surface area is 184 Å². The van der Waals surface area contributed by atoms with Crippen LogP contribution in [0.3, 0.4) is 0 Å². The fourth-order valence-corrected chi connectivity index (χ4v) is 4.08. The predicted molar refractivity (Wildman–Crippen MR) is 121 cm³/mol. The fraction of sp³-hybridized carbons (Fsp3) is 0.238. The van der Waals surface area contributed by atoms with E-state index in [1.807, 2.05) is 6.92 Å². The van der Waals surface area contributed by atoms with Crippen LogP contribution in [0.15, 0.2) is 41.4 Å². The van der Waals surface area contributed by atoms with E-state index in [1.165, 1.54) is 12.1 Å². The van der Waals surface area contributed by atoms with Crippen LogP contribution in [0.1, 0.15) is 11.3 Å². The molecule has 4 aromatic rings. The summed E-state index contributed by atoms with van der Waals surface area (Å²) in [4.78, 5) is 14.9. The summed E-state index contributed by atoms with van der Waals surface area (Å²) in [5.41, 5.74) is 2.20. The molecule has 0 aliphatic rings. The Hall–Kier alpha value is -3.60. The molecular formula is C21H22FN7O2S. The average molecular weight is 456 g/mol. The standard InChI is InChI=1S/C21H22FN7O2S/c1-12-8-14(10-15(9-12)32(5,30)31)25-21-23-7-6-18(26-21)28(3)20-16-11-17(22)13(2)24-19(16)29(4)27-20/h6-11H,1-5H3,(H,23,25,26). The monoisotopic (exact) mass is 455 g/mol. The number of aryl methyl sites for hydroxylation is 3. The summed E-state index contributed by atoms with van der Waals surface area (Å²) in [7, 11) is 0.149. The van der Waals surface area contributed by atoms with Gasteiger partial charge in [0.05, 0.1) is 16.0 Å². The number of aromatic nitrogens is 5. The van der Waals surface area contributed by atoms with Crippen LogP contribution in [-0.2, 0) is 16.9 Å². The molecule has 0 aliphatic heterocycles. The summed E-state index contributed by atoms with van der Waals surface area (Å²) in [5.74, 6) is 0.874. The van der Waals surface area contributed by atoms with Gasteiger partial charge in [0.2, 0.25) is 5.95 Å². The molecule has 4 rings (SSSR count). The molecule has 0 aliphatic carbocycles. The number of nitrogens with zero attached hydrogens (tertiary/aromatic N) is 6. The first-order chi connectivity index (χ1) is 15.0. The number of nitrogens with one attached hydrogen (secondary N) is 1. The first-order valence-corrected chi connectivity index (χ1v) is 11.6. The topological polar surface area (TPSA) is 106 Å². The van der Waals surface area contributed by atoms with E-state index in [0.717, 1.165) is 11.8 Å². The lowest BCUT2D eigenvalue weighted by molar-refractivity contribution is 0.602. The van der Waals surface area contributed by atoms with Crippen molar-refractivity contribution in [1.82, 2.24) is 24.7 Å². The van der Waals surface area contributed by atoms with Crippen LogP contribution in [0.5, 0.6) is 0 Å². The lowest BCUT2D eigenvalue weighted by Crippen LogP contribution is -2.13. The van der Waals surface area contributed by atoms with Crippen LogP contribution in [0.2, 0.25) is 0 Å². The zero-order chi connectivity index (χ0) is 23.2. The van der Waals surface area contributed by atoms with E-state index < -0.39 is 15.7 Å². The quantitative estimate of drug-likeness (QED) is 0.488. The van der Waals surface area contributed by atoms with E-state index in [2.05, 4.69) is 25.4 Å². The maximum absolute atomic E-state index is 14.2. The number of sulfone groups is 1. The smallest absolute Gasteiger partial charge is 0.229 e. The molecule has 0 bridgehead atoms. The van der Waals surface area contributed by atoms with Crippen LogP contribution >= 0.6 is 0 Å². The largest absolute Gasteiger partial charge is 0.324 e. The molecular weight excluding hydrogens is 433 g/mol. The van der Waals surface area contributed by atoms with Crippen molar-refractivity contribution in [2.45, 2.75) is 18.7 Å². The fourth-order valence-electron chi connectivity index (χ4n) is 3.34. The Bertz CT molecular complexity index is 1450. The Morgan fingerprint density at radius 2 is 1.88 bits per heavy atom. The third kappa shape index (κ3) is 4.11. The van der Waals surface area contributed by atoms with Gasteiger partial charge in [-0.2, -0.15) is 10.1 Å². The molecule has 3 aromatic heterocycles. The molecule has 0 saturated carbocycles. The van der Waals surface area contributed by atoms with Crippen molar-refractivity contribution in [3.05, 3.63) is 53.6 Å². The van der Waals surface area contributed by atoms with E-state index in [9.17, 15) is 12.8 Å². The molecule has 0 amide bonds. The van der Waals surface area contributed by atoms with E-state index >= 15 is 0 Å². The molecule has 0 spiro atoms. The lowest BCUT2D eigenvalue weighted by Gasteiger charge is -2.16. The number of hydrogen-bond donors (Lipinski definition) is 1. The van der Waals surface area contributed by atoms with Crippen LogP contribution in [-0.4, -0.2) is 46.5 Å². The first-order valence-electron chi connectivity index (χ1n) is 9.68. The number of anilines is 4. The highest BCUT2D eigenvalue weighted by atomic mass is 32.2. The Morgan fingerprint density at radius 3 is 2.59 bits per heavy atom. The maximum atomic E-state index is 14.2. The minimum Gasteiger partial charge on any atom is -0.324 e. The molecule has 0 fully saturated rings. The van der Waals surface area contributed by atoms with E-state index in [1.54, 1.807) is 55.0 Å². The molecule has 1 N–H and O–H groups in total. The molecule has 9 nitrogen and oxygen atoms in total. The van der Waals surface area contributed by atoms with Gasteiger partial charge in [0, 0.05) is 32.2 Å². The van der Waals surface area contributed by atoms with Crippen LogP contribution in [0.25, 0.3) is 11.0 Å². The van der Waals surface area contributed by atoms with E-state index in [4.69, 9.17) is 0 Å². The van der Waals surface area contributed by atoms with Crippen molar-refractivity contribution < 1.29 is 12.8 Å². The van der Waals surface area contributed by atoms with Crippen molar-refractivity contribution in [3.63, 3.8) is 0 Å². The number of halogens is 1. The maximum Gasteiger partial charge on any atom is 0.229 e. The van der Waals surface area contributed by atoms with Crippen molar-refractivity contribution in [2.24, 2.45) is 7.05 Å². The molecule has 11 heteroatoms. The van der Waals surface area contributed by atoms with Crippen molar-refractivity contribution in [3.8, 4) is 0 Å². The molecule has 32 heavy (non-hydrogen) atoms. The van der Waals surface area contributed by atoms with Gasteiger partial charge < -0.3 is 10.2 Å². The van der Waals surface area contributed by atoms with Gasteiger partial charge >= 0.3 is 0 Å². The highest BCUT2D eigenvalue weighted by molar-refractivity contribution is 7.90. The molecule has 0 saturated heterocycles. The van der Waals surface area contributed by atoms with Gasteiger partial charge in [-0.1, -0.05) is 0 Å². The van der Waals surface area contributed by atoms with Gasteiger partial charge in [0.1, 0.15) is 11.6 Å². The first kappa shape index (κ1) is 21.6. The number of benzene rings is 1.